The molecule has 0 aromatic rings. The monoisotopic (exact) mass is 334 g/mol. The summed E-state index contributed by atoms with van der Waals surface area (Å²) < 4.78 is 11.3. The second-order valence-electron chi connectivity index (χ2n) is 6.85. The van der Waals surface area contributed by atoms with E-state index in [4.69, 9.17) is 9.47 Å². The van der Waals surface area contributed by atoms with Crippen molar-refractivity contribution in [2.75, 3.05) is 13.2 Å². The molecule has 3 nitrogen and oxygen atoms in total. The molecule has 1 saturated heterocycles. The predicted octanol–water partition coefficient (Wildman–Crippen LogP) is 5.52. The van der Waals surface area contributed by atoms with Gasteiger partial charge < -0.3 is 9.47 Å². The first kappa shape index (κ1) is 20.9. The second kappa shape index (κ2) is 12.2. The molecule has 0 aliphatic carbocycles. The third-order valence-electron chi connectivity index (χ3n) is 4.20. The molecule has 0 aromatic carbocycles. The number of ketones is 1. The third-order valence-corrected chi connectivity index (χ3v) is 4.20. The first-order valence-electron chi connectivity index (χ1n) is 9.21. The van der Waals surface area contributed by atoms with Crippen molar-refractivity contribution in [1.29, 1.82) is 0 Å². The minimum absolute atomic E-state index is 0.0247. The molecular formula is C21H34O3. The minimum Gasteiger partial charge on any atom is -0.353 e. The number of Topliss-reactive ketones (excluding diaryl/α,β-unsaturated/α-hetero) is 1. The molecule has 24 heavy (non-hydrogen) atoms. The molecule has 1 aliphatic heterocycles. The van der Waals surface area contributed by atoms with Gasteiger partial charge in [0.25, 0.3) is 0 Å². The van der Waals surface area contributed by atoms with E-state index >= 15 is 0 Å². The first-order chi connectivity index (χ1) is 11.5. The average Bonchev–Trinajstić information content (AvgIpc) is 2.55. The normalized spacial score (nSPS) is 19.2. The molecule has 1 atom stereocenters. The van der Waals surface area contributed by atoms with Crippen LogP contribution in [0.3, 0.4) is 0 Å². The van der Waals surface area contributed by atoms with Gasteiger partial charge in [0.15, 0.2) is 12.1 Å². The quantitative estimate of drug-likeness (QED) is 0.390. The van der Waals surface area contributed by atoms with E-state index in [0.717, 1.165) is 44.3 Å². The molecule has 0 N–H and O–H groups in total. The highest BCUT2D eigenvalue weighted by atomic mass is 16.7. The molecule has 1 rings (SSSR count). The average molecular weight is 335 g/mol. The molecular weight excluding hydrogens is 300 g/mol. The number of allylic oxidation sites excluding steroid dienone is 5. The van der Waals surface area contributed by atoms with Crippen LogP contribution in [-0.4, -0.2) is 25.3 Å². The fourth-order valence-corrected chi connectivity index (χ4v) is 2.56. The maximum atomic E-state index is 12.0. The highest BCUT2D eigenvalue weighted by Gasteiger charge is 2.12. The van der Waals surface area contributed by atoms with Crippen LogP contribution in [0.1, 0.15) is 72.6 Å². The summed E-state index contributed by atoms with van der Waals surface area (Å²) in [4.78, 5) is 12.0. The third kappa shape index (κ3) is 9.84. The molecule has 0 amide bonds. The van der Waals surface area contributed by atoms with E-state index in [1.807, 2.05) is 6.92 Å². The lowest BCUT2D eigenvalue weighted by atomic mass is 10.0. The number of carbonyl (C=O) groups excluding carboxylic acids is 1. The summed E-state index contributed by atoms with van der Waals surface area (Å²) in [5.41, 5.74) is 3.45. The maximum absolute atomic E-state index is 12.0. The van der Waals surface area contributed by atoms with Crippen molar-refractivity contribution in [3.8, 4) is 0 Å². The molecule has 0 spiro atoms. The van der Waals surface area contributed by atoms with Gasteiger partial charge in [0.05, 0.1) is 6.61 Å². The zero-order valence-corrected chi connectivity index (χ0v) is 15.9. The summed E-state index contributed by atoms with van der Waals surface area (Å²) in [6, 6.07) is 0. The second-order valence-corrected chi connectivity index (χ2v) is 6.85. The molecule has 136 valence electrons. The van der Waals surface area contributed by atoms with Crippen LogP contribution in [0.25, 0.3) is 0 Å². The van der Waals surface area contributed by atoms with E-state index < -0.39 is 0 Å². The van der Waals surface area contributed by atoms with E-state index in [9.17, 15) is 4.79 Å². The Morgan fingerprint density at radius 1 is 1.04 bits per heavy atom. The summed E-state index contributed by atoms with van der Waals surface area (Å²) in [5.74, 6) is 0.256. The topological polar surface area (TPSA) is 35.5 Å². The SMILES string of the molecule is CC(C)=CCCC(=O)C(C)=CCCC(C)=CCOC1CCCCO1. The van der Waals surface area contributed by atoms with Gasteiger partial charge in [-0.2, -0.15) is 0 Å². The minimum atomic E-state index is -0.0247. The summed E-state index contributed by atoms with van der Waals surface area (Å²) >= 11 is 0. The number of carbonyl (C=O) groups is 1. The molecule has 1 aliphatic rings. The van der Waals surface area contributed by atoms with Gasteiger partial charge in [0.2, 0.25) is 0 Å². The van der Waals surface area contributed by atoms with Gasteiger partial charge >= 0.3 is 0 Å². The van der Waals surface area contributed by atoms with Crippen LogP contribution >= 0.6 is 0 Å². The zero-order valence-electron chi connectivity index (χ0n) is 15.9. The van der Waals surface area contributed by atoms with E-state index in [1.54, 1.807) is 0 Å². The van der Waals surface area contributed by atoms with Gasteiger partial charge in [-0.3, -0.25) is 4.79 Å². The number of hydrogen-bond acceptors (Lipinski definition) is 3. The van der Waals surface area contributed by atoms with E-state index in [-0.39, 0.29) is 12.1 Å². The Hall–Kier alpha value is -1.19. The Morgan fingerprint density at radius 3 is 2.46 bits per heavy atom. The van der Waals surface area contributed by atoms with Crippen LogP contribution < -0.4 is 0 Å². The molecule has 3 heteroatoms. The Bertz CT molecular complexity index is 461. The van der Waals surface area contributed by atoms with Crippen LogP contribution in [0.5, 0.6) is 0 Å². The Labute approximate surface area is 147 Å². The Morgan fingerprint density at radius 2 is 1.79 bits per heavy atom. The standard InChI is InChI=1S/C21H34O3/c1-17(2)9-7-12-20(22)19(4)11-8-10-18(3)14-16-24-21-13-5-6-15-23-21/h9,11,14,21H,5-8,10,12-13,15-16H2,1-4H3. The van der Waals surface area contributed by atoms with Crippen LogP contribution in [0.15, 0.2) is 34.9 Å². The van der Waals surface area contributed by atoms with Crippen molar-refractivity contribution in [3.63, 3.8) is 0 Å². The zero-order chi connectivity index (χ0) is 17.8. The number of hydrogen-bond donors (Lipinski definition) is 0. The van der Waals surface area contributed by atoms with Crippen LogP contribution in [0.4, 0.5) is 0 Å². The molecule has 0 aromatic heterocycles. The largest absolute Gasteiger partial charge is 0.353 e. The van der Waals surface area contributed by atoms with E-state index in [0.29, 0.717) is 13.0 Å². The van der Waals surface area contributed by atoms with Gasteiger partial charge in [-0.05, 0) is 71.8 Å². The van der Waals surface area contributed by atoms with Gasteiger partial charge in [-0.1, -0.05) is 29.4 Å². The highest BCUT2D eigenvalue weighted by molar-refractivity contribution is 5.94. The highest BCUT2D eigenvalue weighted by Crippen LogP contribution is 2.14. The van der Waals surface area contributed by atoms with Crippen molar-refractivity contribution in [2.24, 2.45) is 0 Å². The summed E-state index contributed by atoms with van der Waals surface area (Å²) in [6.07, 6.45) is 12.9. The molecule has 1 unspecified atom stereocenters. The Kier molecular flexibility index (Phi) is 10.6. The Balaban J connectivity index is 2.21. The van der Waals surface area contributed by atoms with Crippen molar-refractivity contribution < 1.29 is 14.3 Å². The van der Waals surface area contributed by atoms with Gasteiger partial charge in [0, 0.05) is 13.0 Å². The summed E-state index contributed by atoms with van der Waals surface area (Å²) in [7, 11) is 0. The van der Waals surface area contributed by atoms with Gasteiger partial charge in [0.1, 0.15) is 0 Å². The van der Waals surface area contributed by atoms with Crippen LogP contribution in [0, 0.1) is 0 Å². The fourth-order valence-electron chi connectivity index (χ4n) is 2.56. The van der Waals surface area contributed by atoms with Gasteiger partial charge in [-0.25, -0.2) is 0 Å². The molecule has 0 saturated carbocycles. The van der Waals surface area contributed by atoms with Crippen molar-refractivity contribution in [2.45, 2.75) is 78.9 Å². The maximum Gasteiger partial charge on any atom is 0.158 e. The molecule has 1 fully saturated rings. The predicted molar refractivity (Wildman–Crippen MR) is 100.0 cm³/mol. The van der Waals surface area contributed by atoms with Crippen LogP contribution in [0.2, 0.25) is 0 Å². The molecule has 1 heterocycles. The molecule has 0 radical (unpaired) electrons. The number of rotatable bonds is 10. The summed E-state index contributed by atoms with van der Waals surface area (Å²) in [5, 5.41) is 0. The summed E-state index contributed by atoms with van der Waals surface area (Å²) in [6.45, 7) is 9.59. The molecule has 0 bridgehead atoms. The number of ether oxygens (including phenoxy) is 2. The smallest absolute Gasteiger partial charge is 0.158 e. The van der Waals surface area contributed by atoms with E-state index in [2.05, 4.69) is 39.0 Å². The van der Waals surface area contributed by atoms with Crippen molar-refractivity contribution in [1.82, 2.24) is 0 Å². The fraction of sp³-hybridized carbons (Fsp3) is 0.667. The lowest BCUT2D eigenvalue weighted by Gasteiger charge is -2.22. The first-order valence-corrected chi connectivity index (χ1v) is 9.21. The lowest BCUT2D eigenvalue weighted by molar-refractivity contribution is -0.155. The lowest BCUT2D eigenvalue weighted by Crippen LogP contribution is -2.22. The van der Waals surface area contributed by atoms with Crippen molar-refractivity contribution >= 4 is 5.78 Å². The van der Waals surface area contributed by atoms with Gasteiger partial charge in [-0.15, -0.1) is 0 Å². The van der Waals surface area contributed by atoms with E-state index in [1.165, 1.54) is 17.6 Å². The van der Waals surface area contributed by atoms with Crippen LogP contribution in [-0.2, 0) is 14.3 Å². The van der Waals surface area contributed by atoms with Crippen molar-refractivity contribution in [3.05, 3.63) is 34.9 Å².